The zero-order valence-corrected chi connectivity index (χ0v) is 11.4. The van der Waals surface area contributed by atoms with E-state index in [4.69, 9.17) is 12.2 Å². The molecule has 0 radical (unpaired) electrons. The topological polar surface area (TPSA) is 24.1 Å². The predicted molar refractivity (Wildman–Crippen MR) is 82.1 cm³/mol. The molecule has 0 aromatic heterocycles. The highest BCUT2D eigenvalue weighted by Gasteiger charge is 2.03. The molecular weight excluding hydrogens is 259 g/mol. The first-order valence-electron chi connectivity index (χ1n) is 6.10. The molecule has 0 spiro atoms. The van der Waals surface area contributed by atoms with Crippen LogP contribution in [0.4, 0.5) is 15.8 Å². The Morgan fingerprint density at radius 1 is 1.11 bits per heavy atom. The first-order valence-corrected chi connectivity index (χ1v) is 6.51. The Balaban J connectivity index is 2.03. The Bertz CT molecular complexity index is 584. The van der Waals surface area contributed by atoms with Crippen molar-refractivity contribution in [2.45, 2.75) is 13.3 Å². The molecule has 2 aromatic rings. The number of nitrogens with one attached hydrogen (secondary N) is 2. The van der Waals surface area contributed by atoms with Gasteiger partial charge in [0.05, 0.1) is 5.69 Å². The van der Waals surface area contributed by atoms with E-state index >= 15 is 0 Å². The van der Waals surface area contributed by atoms with Crippen molar-refractivity contribution in [2.75, 3.05) is 10.6 Å². The lowest BCUT2D eigenvalue weighted by Gasteiger charge is -2.11. The third-order valence-corrected chi connectivity index (χ3v) is 2.92. The molecule has 0 saturated heterocycles. The molecule has 0 amide bonds. The van der Waals surface area contributed by atoms with Crippen molar-refractivity contribution in [3.8, 4) is 0 Å². The molecule has 0 fully saturated rings. The van der Waals surface area contributed by atoms with Gasteiger partial charge in [0.1, 0.15) is 5.82 Å². The Kier molecular flexibility index (Phi) is 4.47. The molecule has 0 aliphatic carbocycles. The lowest BCUT2D eigenvalue weighted by atomic mass is 10.1. The minimum Gasteiger partial charge on any atom is -0.332 e. The van der Waals surface area contributed by atoms with Crippen molar-refractivity contribution < 1.29 is 4.39 Å². The Labute approximate surface area is 117 Å². The van der Waals surface area contributed by atoms with Crippen molar-refractivity contribution in [1.29, 1.82) is 0 Å². The average Bonchev–Trinajstić information content (AvgIpc) is 2.41. The zero-order chi connectivity index (χ0) is 13.7. The highest BCUT2D eigenvalue weighted by molar-refractivity contribution is 7.80. The van der Waals surface area contributed by atoms with Crippen LogP contribution in [0.3, 0.4) is 0 Å². The van der Waals surface area contributed by atoms with Gasteiger partial charge < -0.3 is 10.6 Å². The number of rotatable bonds is 3. The van der Waals surface area contributed by atoms with E-state index in [0.29, 0.717) is 10.8 Å². The molecule has 2 N–H and O–H groups in total. The van der Waals surface area contributed by atoms with Crippen LogP contribution in [0.2, 0.25) is 0 Å². The SMILES string of the molecule is CCc1cccc(NC(=S)Nc2ccccc2F)c1. The smallest absolute Gasteiger partial charge is 0.175 e. The molecular formula is C15H15FN2S. The summed E-state index contributed by atoms with van der Waals surface area (Å²) in [6.45, 7) is 2.09. The first kappa shape index (κ1) is 13.5. The molecule has 0 aliphatic rings. The van der Waals surface area contributed by atoms with Gasteiger partial charge in [0, 0.05) is 5.69 Å². The van der Waals surface area contributed by atoms with E-state index in [0.717, 1.165) is 12.1 Å². The summed E-state index contributed by atoms with van der Waals surface area (Å²) in [6, 6.07) is 14.4. The van der Waals surface area contributed by atoms with E-state index in [9.17, 15) is 4.39 Å². The molecule has 19 heavy (non-hydrogen) atoms. The molecule has 2 nitrogen and oxygen atoms in total. The second-order valence-electron chi connectivity index (χ2n) is 4.11. The van der Waals surface area contributed by atoms with Gasteiger partial charge in [-0.2, -0.15) is 0 Å². The van der Waals surface area contributed by atoms with E-state index < -0.39 is 0 Å². The number of anilines is 2. The van der Waals surface area contributed by atoms with Gasteiger partial charge in [-0.05, 0) is 48.5 Å². The van der Waals surface area contributed by atoms with Crippen molar-refractivity contribution in [2.24, 2.45) is 0 Å². The van der Waals surface area contributed by atoms with Gasteiger partial charge >= 0.3 is 0 Å². The van der Waals surface area contributed by atoms with Crippen LogP contribution < -0.4 is 10.6 Å². The highest BCUT2D eigenvalue weighted by atomic mass is 32.1. The lowest BCUT2D eigenvalue weighted by Crippen LogP contribution is -2.19. The van der Waals surface area contributed by atoms with Crippen LogP contribution in [0.5, 0.6) is 0 Å². The summed E-state index contributed by atoms with van der Waals surface area (Å²) in [5, 5.41) is 6.26. The summed E-state index contributed by atoms with van der Waals surface area (Å²) in [5.74, 6) is -0.325. The summed E-state index contributed by atoms with van der Waals surface area (Å²) >= 11 is 5.17. The maximum Gasteiger partial charge on any atom is 0.175 e. The minimum absolute atomic E-state index is 0.325. The summed E-state index contributed by atoms with van der Waals surface area (Å²) in [5.41, 5.74) is 2.48. The third kappa shape index (κ3) is 3.76. The third-order valence-electron chi connectivity index (χ3n) is 2.72. The largest absolute Gasteiger partial charge is 0.332 e. The van der Waals surface area contributed by atoms with E-state index in [2.05, 4.69) is 23.6 Å². The number of benzene rings is 2. The molecule has 0 atom stereocenters. The second kappa shape index (κ2) is 6.29. The van der Waals surface area contributed by atoms with Gasteiger partial charge in [-0.3, -0.25) is 0 Å². The molecule has 2 aromatic carbocycles. The van der Waals surface area contributed by atoms with Gasteiger partial charge in [-0.1, -0.05) is 31.2 Å². The minimum atomic E-state index is -0.325. The number of para-hydroxylation sites is 1. The van der Waals surface area contributed by atoms with Crippen molar-refractivity contribution in [3.05, 3.63) is 59.9 Å². The fourth-order valence-corrected chi connectivity index (χ4v) is 1.94. The molecule has 0 unspecified atom stereocenters. The quantitative estimate of drug-likeness (QED) is 0.820. The first-order chi connectivity index (χ1) is 9.19. The van der Waals surface area contributed by atoms with Crippen molar-refractivity contribution >= 4 is 28.7 Å². The Morgan fingerprint density at radius 2 is 1.89 bits per heavy atom. The van der Waals surface area contributed by atoms with Gasteiger partial charge in [-0.15, -0.1) is 0 Å². The van der Waals surface area contributed by atoms with Crippen molar-refractivity contribution in [3.63, 3.8) is 0 Å². The predicted octanol–water partition coefficient (Wildman–Crippen LogP) is 4.20. The number of aryl methyl sites for hydroxylation is 1. The van der Waals surface area contributed by atoms with E-state index in [1.165, 1.54) is 11.6 Å². The molecule has 2 rings (SSSR count). The average molecular weight is 274 g/mol. The summed E-state index contributed by atoms with van der Waals surface area (Å²) in [4.78, 5) is 0. The fraction of sp³-hybridized carbons (Fsp3) is 0.133. The number of hydrogen-bond donors (Lipinski definition) is 2. The number of thiocarbonyl (C=S) groups is 1. The Hall–Kier alpha value is -1.94. The molecule has 4 heteroatoms. The zero-order valence-electron chi connectivity index (χ0n) is 10.6. The lowest BCUT2D eigenvalue weighted by molar-refractivity contribution is 0.632. The second-order valence-corrected chi connectivity index (χ2v) is 4.52. The van der Waals surface area contributed by atoms with Crippen molar-refractivity contribution in [1.82, 2.24) is 0 Å². The summed E-state index contributed by atoms with van der Waals surface area (Å²) in [7, 11) is 0. The van der Waals surface area contributed by atoms with Gasteiger partial charge in [0.15, 0.2) is 5.11 Å². The summed E-state index contributed by atoms with van der Waals surface area (Å²) in [6.07, 6.45) is 0.961. The van der Waals surface area contributed by atoms with Gasteiger partial charge in [0.2, 0.25) is 0 Å². The van der Waals surface area contributed by atoms with Gasteiger partial charge in [0.25, 0.3) is 0 Å². The van der Waals surface area contributed by atoms with E-state index in [-0.39, 0.29) is 5.82 Å². The maximum atomic E-state index is 13.5. The fourth-order valence-electron chi connectivity index (χ4n) is 1.72. The molecule has 98 valence electrons. The molecule has 0 saturated carbocycles. The number of halogens is 1. The summed E-state index contributed by atoms with van der Waals surface area (Å²) < 4.78 is 13.5. The van der Waals surface area contributed by atoms with E-state index in [1.54, 1.807) is 18.2 Å². The maximum absolute atomic E-state index is 13.5. The normalized spacial score (nSPS) is 10.0. The van der Waals surface area contributed by atoms with Crippen LogP contribution >= 0.6 is 12.2 Å². The molecule has 0 heterocycles. The monoisotopic (exact) mass is 274 g/mol. The standard InChI is InChI=1S/C15H15FN2S/c1-2-11-6-5-7-12(10-11)17-15(19)18-14-9-4-3-8-13(14)16/h3-10H,2H2,1H3,(H2,17,18,19). The van der Waals surface area contributed by atoms with Crippen LogP contribution in [0.1, 0.15) is 12.5 Å². The Morgan fingerprint density at radius 3 is 2.63 bits per heavy atom. The van der Waals surface area contributed by atoms with E-state index in [1.807, 2.05) is 18.2 Å². The van der Waals surface area contributed by atoms with Crippen LogP contribution in [0, 0.1) is 5.82 Å². The van der Waals surface area contributed by atoms with Crippen LogP contribution in [-0.4, -0.2) is 5.11 Å². The van der Waals surface area contributed by atoms with Gasteiger partial charge in [-0.25, -0.2) is 4.39 Å². The molecule has 0 bridgehead atoms. The van der Waals surface area contributed by atoms with Crippen LogP contribution in [0.15, 0.2) is 48.5 Å². The van der Waals surface area contributed by atoms with Crippen LogP contribution in [-0.2, 0) is 6.42 Å². The number of hydrogen-bond acceptors (Lipinski definition) is 1. The molecule has 0 aliphatic heterocycles. The van der Waals surface area contributed by atoms with Crippen LogP contribution in [0.25, 0.3) is 0 Å². The highest BCUT2D eigenvalue weighted by Crippen LogP contribution is 2.14.